The number of carbonyl (C=O) groups excluding carboxylic acids is 1. The number of nitrogens with zero attached hydrogens (tertiary/aromatic N) is 3. The lowest BCUT2D eigenvalue weighted by molar-refractivity contribution is -0.137. The third-order valence-corrected chi connectivity index (χ3v) is 6.22. The molecule has 1 heterocycles. The topological polar surface area (TPSA) is 77.2 Å². The number of benzene rings is 2. The average molecular weight is 484 g/mol. The fourth-order valence-corrected chi connectivity index (χ4v) is 4.24. The van der Waals surface area contributed by atoms with Crippen molar-refractivity contribution in [2.45, 2.75) is 71.1 Å². The van der Waals surface area contributed by atoms with Gasteiger partial charge >= 0.3 is 5.97 Å². The summed E-state index contributed by atoms with van der Waals surface area (Å²) in [6, 6.07) is 9.37. The van der Waals surface area contributed by atoms with Crippen molar-refractivity contribution in [2.24, 2.45) is 0 Å². The molecule has 0 amide bonds. The summed E-state index contributed by atoms with van der Waals surface area (Å²) in [6.45, 7) is 12.2. The van der Waals surface area contributed by atoms with Crippen LogP contribution < -0.4 is 0 Å². The molecule has 0 saturated carbocycles. The van der Waals surface area contributed by atoms with Gasteiger partial charge in [0.25, 0.3) is 0 Å². The monoisotopic (exact) mass is 483 g/mol. The molecular formula is C27H34ClN3O3. The quantitative estimate of drug-likeness (QED) is 0.193. The summed E-state index contributed by atoms with van der Waals surface area (Å²) in [5, 5.41) is 21.0. The van der Waals surface area contributed by atoms with Crippen LogP contribution in [0, 0.1) is 0 Å². The molecule has 2 aromatic carbocycles. The number of esters is 1. The number of aromatic nitrogens is 3. The Kier molecular flexibility index (Phi) is 8.37. The number of hydrogen-bond acceptors (Lipinski definition) is 5. The van der Waals surface area contributed by atoms with E-state index in [1.807, 2.05) is 12.1 Å². The normalized spacial score (nSPS) is 12.6. The van der Waals surface area contributed by atoms with Crippen LogP contribution in [0.5, 0.6) is 5.75 Å². The van der Waals surface area contributed by atoms with Crippen LogP contribution in [-0.4, -0.2) is 32.7 Å². The number of hydrogen-bond donors (Lipinski definition) is 1. The summed E-state index contributed by atoms with van der Waals surface area (Å²) in [5.74, 6) is -0.0998. The van der Waals surface area contributed by atoms with Gasteiger partial charge in [-0.3, -0.25) is 0 Å². The molecule has 3 aromatic rings. The molecule has 0 aliphatic rings. The Morgan fingerprint density at radius 3 is 2.59 bits per heavy atom. The van der Waals surface area contributed by atoms with Crippen molar-refractivity contribution >= 4 is 28.6 Å². The molecular weight excluding hydrogens is 450 g/mol. The highest BCUT2D eigenvalue weighted by Gasteiger charge is 2.25. The van der Waals surface area contributed by atoms with Crippen molar-refractivity contribution in [2.75, 3.05) is 6.61 Å². The molecule has 0 bridgehead atoms. The maximum atomic E-state index is 11.6. The zero-order valence-electron chi connectivity index (χ0n) is 20.5. The third-order valence-electron chi connectivity index (χ3n) is 5.98. The summed E-state index contributed by atoms with van der Waals surface area (Å²) in [6.07, 6.45) is 6.15. The molecule has 34 heavy (non-hydrogen) atoms. The van der Waals surface area contributed by atoms with Crippen molar-refractivity contribution in [3.05, 3.63) is 59.1 Å². The van der Waals surface area contributed by atoms with Gasteiger partial charge in [0.05, 0.1) is 6.61 Å². The van der Waals surface area contributed by atoms with Crippen molar-refractivity contribution in [3.8, 4) is 11.4 Å². The van der Waals surface area contributed by atoms with Crippen LogP contribution in [0.2, 0.25) is 5.02 Å². The molecule has 182 valence electrons. The Hall–Kier alpha value is -2.86. The summed E-state index contributed by atoms with van der Waals surface area (Å²) in [5.41, 5.74) is 3.48. The number of ether oxygens (including phenoxy) is 1. The second-order valence-corrected chi connectivity index (χ2v) is 10.1. The van der Waals surface area contributed by atoms with Crippen LogP contribution in [0.1, 0.15) is 76.8 Å². The van der Waals surface area contributed by atoms with E-state index in [9.17, 15) is 9.90 Å². The number of rotatable bonds is 10. The Morgan fingerprint density at radius 2 is 1.91 bits per heavy atom. The van der Waals surface area contributed by atoms with Crippen LogP contribution >= 0.6 is 11.6 Å². The fourth-order valence-electron chi connectivity index (χ4n) is 4.08. The lowest BCUT2D eigenvalue weighted by Crippen LogP contribution is -2.15. The van der Waals surface area contributed by atoms with Crippen LogP contribution in [-0.2, 0) is 14.9 Å². The van der Waals surface area contributed by atoms with Gasteiger partial charge in [-0.1, -0.05) is 71.2 Å². The van der Waals surface area contributed by atoms with E-state index < -0.39 is 5.97 Å². The van der Waals surface area contributed by atoms with Crippen LogP contribution in [0.15, 0.2) is 43.0 Å². The van der Waals surface area contributed by atoms with E-state index in [0.717, 1.165) is 36.8 Å². The van der Waals surface area contributed by atoms with Gasteiger partial charge in [0.2, 0.25) is 0 Å². The summed E-state index contributed by atoms with van der Waals surface area (Å²) in [4.78, 5) is 13.0. The lowest BCUT2D eigenvalue weighted by Gasteiger charge is -2.26. The van der Waals surface area contributed by atoms with Gasteiger partial charge in [-0.05, 0) is 54.0 Å². The summed E-state index contributed by atoms with van der Waals surface area (Å²) in [7, 11) is 0. The van der Waals surface area contributed by atoms with Gasteiger partial charge in [-0.2, -0.15) is 0 Å². The molecule has 6 nitrogen and oxygen atoms in total. The molecule has 1 aromatic heterocycles. The number of phenols is 1. The number of phenolic OH excluding ortho intramolecular Hbond substituents is 1. The number of fused-ring (bicyclic) bond motifs is 1. The van der Waals surface area contributed by atoms with E-state index in [1.165, 1.54) is 10.9 Å². The third kappa shape index (κ3) is 6.17. The first-order valence-corrected chi connectivity index (χ1v) is 12.2. The number of unbranched alkanes of at least 4 members (excludes halogenated alkanes) is 2. The Balaban J connectivity index is 2.07. The molecule has 0 radical (unpaired) electrons. The van der Waals surface area contributed by atoms with Crippen molar-refractivity contribution in [1.82, 2.24) is 15.0 Å². The number of aromatic hydroxyl groups is 1. The fraction of sp³-hybridized carbons (Fsp3) is 0.444. The first kappa shape index (κ1) is 25.8. The van der Waals surface area contributed by atoms with Gasteiger partial charge in [-0.15, -0.1) is 15.0 Å². The van der Waals surface area contributed by atoms with Crippen LogP contribution in [0.3, 0.4) is 0 Å². The van der Waals surface area contributed by atoms with Crippen molar-refractivity contribution in [3.63, 3.8) is 0 Å². The second kappa shape index (κ2) is 11.0. The molecule has 0 aliphatic heterocycles. The molecule has 3 rings (SSSR count). The SMILES string of the molecule is C=CC(=O)OCCC(CCCCC)c1cc(-n2nc3ccc(Cl)cc3n2)c(O)c(C(C)(C)C)c1. The Labute approximate surface area is 206 Å². The standard InChI is InChI=1S/C27H34ClN3O3/c1-6-8-9-10-18(13-14-34-25(32)7-2)19-15-21(27(3,4)5)26(33)24(16-19)31-29-22-12-11-20(28)17-23(22)30-31/h7,11-12,15-18,33H,2,6,8-10,13-14H2,1,3-5H3. The highest BCUT2D eigenvalue weighted by molar-refractivity contribution is 6.31. The zero-order chi connectivity index (χ0) is 24.9. The molecule has 1 unspecified atom stereocenters. The predicted molar refractivity (Wildman–Crippen MR) is 137 cm³/mol. The maximum Gasteiger partial charge on any atom is 0.330 e. The molecule has 0 spiro atoms. The zero-order valence-corrected chi connectivity index (χ0v) is 21.2. The minimum atomic E-state index is -0.417. The van der Waals surface area contributed by atoms with Crippen LogP contribution in [0.4, 0.5) is 0 Å². The van der Waals surface area contributed by atoms with E-state index in [1.54, 1.807) is 12.1 Å². The molecule has 0 fully saturated rings. The van der Waals surface area contributed by atoms with Gasteiger partial charge in [-0.25, -0.2) is 4.79 Å². The minimum Gasteiger partial charge on any atom is -0.505 e. The van der Waals surface area contributed by atoms with Crippen molar-refractivity contribution < 1.29 is 14.6 Å². The van der Waals surface area contributed by atoms with Gasteiger partial charge in [0.1, 0.15) is 22.5 Å². The smallest absolute Gasteiger partial charge is 0.330 e. The number of carbonyl (C=O) groups is 1. The average Bonchev–Trinajstić information content (AvgIpc) is 3.20. The first-order chi connectivity index (χ1) is 16.1. The predicted octanol–water partition coefficient (Wildman–Crippen LogP) is 6.86. The minimum absolute atomic E-state index is 0.157. The molecule has 1 atom stereocenters. The molecule has 0 saturated heterocycles. The van der Waals surface area contributed by atoms with Crippen LogP contribution in [0.25, 0.3) is 16.7 Å². The van der Waals surface area contributed by atoms with E-state index in [0.29, 0.717) is 34.8 Å². The molecule has 7 heteroatoms. The highest BCUT2D eigenvalue weighted by Crippen LogP contribution is 2.39. The summed E-state index contributed by atoms with van der Waals surface area (Å²) >= 11 is 6.13. The first-order valence-electron chi connectivity index (χ1n) is 11.8. The second-order valence-electron chi connectivity index (χ2n) is 9.66. The largest absolute Gasteiger partial charge is 0.505 e. The van der Waals surface area contributed by atoms with E-state index in [4.69, 9.17) is 16.3 Å². The van der Waals surface area contributed by atoms with Gasteiger partial charge < -0.3 is 9.84 Å². The van der Waals surface area contributed by atoms with E-state index in [2.05, 4.69) is 50.5 Å². The van der Waals surface area contributed by atoms with E-state index in [-0.39, 0.29) is 17.1 Å². The van der Waals surface area contributed by atoms with Gasteiger partial charge in [0.15, 0.2) is 0 Å². The summed E-state index contributed by atoms with van der Waals surface area (Å²) < 4.78 is 5.29. The van der Waals surface area contributed by atoms with Crippen molar-refractivity contribution in [1.29, 1.82) is 0 Å². The van der Waals surface area contributed by atoms with Gasteiger partial charge in [0, 0.05) is 16.7 Å². The lowest BCUT2D eigenvalue weighted by atomic mass is 9.81. The Morgan fingerprint density at radius 1 is 1.18 bits per heavy atom. The Bertz CT molecular complexity index is 1160. The van der Waals surface area contributed by atoms with E-state index >= 15 is 0 Å². The molecule has 0 aliphatic carbocycles. The number of halogens is 1. The molecule has 1 N–H and O–H groups in total. The highest BCUT2D eigenvalue weighted by atomic mass is 35.5. The maximum absolute atomic E-state index is 11.6.